The van der Waals surface area contributed by atoms with Crippen molar-refractivity contribution in [3.63, 3.8) is 0 Å². The maximum atomic E-state index is 12.4. The molecule has 128 valence electrons. The van der Waals surface area contributed by atoms with Crippen LogP contribution in [0.3, 0.4) is 0 Å². The molecule has 0 heterocycles. The maximum absolute atomic E-state index is 12.4. The van der Waals surface area contributed by atoms with Gasteiger partial charge in [-0.1, -0.05) is 28.1 Å². The van der Waals surface area contributed by atoms with E-state index in [1.165, 1.54) is 12.1 Å². The molecule has 2 N–H and O–H groups in total. The first-order valence-corrected chi connectivity index (χ1v) is 9.55. The average Bonchev–Trinajstić information content (AvgIpc) is 2.45. The number of hydrogen-bond donors (Lipinski definition) is 2. The SMILES string of the molecule is CC(C)(C)NS(=O)(=O)c1cccc(NC(=O)c2cccc(Br)c2)c1. The van der Waals surface area contributed by atoms with Gasteiger partial charge in [0.15, 0.2) is 0 Å². The van der Waals surface area contributed by atoms with E-state index in [4.69, 9.17) is 0 Å². The highest BCUT2D eigenvalue weighted by Gasteiger charge is 2.22. The van der Waals surface area contributed by atoms with Crippen LogP contribution in [0, 0.1) is 0 Å². The van der Waals surface area contributed by atoms with Crippen LogP contribution in [-0.2, 0) is 10.0 Å². The van der Waals surface area contributed by atoms with Crippen LogP contribution in [0.15, 0.2) is 57.9 Å². The molecule has 0 saturated heterocycles. The summed E-state index contributed by atoms with van der Waals surface area (Å²) in [5.41, 5.74) is 0.302. The van der Waals surface area contributed by atoms with Crippen LogP contribution in [0.5, 0.6) is 0 Å². The van der Waals surface area contributed by atoms with Gasteiger partial charge in [-0.05, 0) is 57.2 Å². The summed E-state index contributed by atoms with van der Waals surface area (Å²) in [4.78, 5) is 12.4. The summed E-state index contributed by atoms with van der Waals surface area (Å²) in [6.07, 6.45) is 0. The van der Waals surface area contributed by atoms with Crippen molar-refractivity contribution in [1.29, 1.82) is 0 Å². The zero-order valence-corrected chi connectivity index (χ0v) is 16.0. The number of carbonyl (C=O) groups excluding carboxylic acids is 1. The van der Waals surface area contributed by atoms with Crippen LogP contribution in [0.25, 0.3) is 0 Å². The van der Waals surface area contributed by atoms with Crippen LogP contribution >= 0.6 is 15.9 Å². The Kier molecular flexibility index (Phi) is 5.47. The molecule has 0 unspecified atom stereocenters. The van der Waals surface area contributed by atoms with E-state index in [-0.39, 0.29) is 10.8 Å². The van der Waals surface area contributed by atoms with Crippen LogP contribution in [0.1, 0.15) is 31.1 Å². The normalized spacial score (nSPS) is 12.0. The number of rotatable bonds is 4. The van der Waals surface area contributed by atoms with Crippen molar-refractivity contribution in [2.45, 2.75) is 31.2 Å². The van der Waals surface area contributed by atoms with E-state index in [2.05, 4.69) is 26.0 Å². The quantitative estimate of drug-likeness (QED) is 0.804. The summed E-state index contributed by atoms with van der Waals surface area (Å²) < 4.78 is 28.1. The second kappa shape index (κ2) is 7.04. The Morgan fingerprint density at radius 2 is 1.71 bits per heavy atom. The molecule has 0 aliphatic carbocycles. The summed E-state index contributed by atoms with van der Waals surface area (Å²) in [6, 6.07) is 13.1. The van der Waals surface area contributed by atoms with Crippen molar-refractivity contribution < 1.29 is 13.2 Å². The summed E-state index contributed by atoms with van der Waals surface area (Å²) in [5, 5.41) is 2.71. The molecule has 0 atom stereocenters. The zero-order chi connectivity index (χ0) is 18.0. The Morgan fingerprint density at radius 1 is 1.04 bits per heavy atom. The lowest BCUT2D eigenvalue weighted by atomic mass is 10.1. The standard InChI is InChI=1S/C17H19BrN2O3S/c1-17(2,3)20-24(22,23)15-9-5-8-14(11-15)19-16(21)12-6-4-7-13(18)10-12/h4-11,20H,1-3H3,(H,19,21). The number of anilines is 1. The summed E-state index contributed by atoms with van der Waals surface area (Å²) in [7, 11) is -3.66. The molecule has 0 bridgehead atoms. The van der Waals surface area contributed by atoms with Gasteiger partial charge in [-0.25, -0.2) is 13.1 Å². The minimum absolute atomic E-state index is 0.101. The number of hydrogen-bond acceptors (Lipinski definition) is 3. The highest BCUT2D eigenvalue weighted by atomic mass is 79.9. The number of nitrogens with one attached hydrogen (secondary N) is 2. The largest absolute Gasteiger partial charge is 0.322 e. The first-order chi connectivity index (χ1) is 11.1. The van der Waals surface area contributed by atoms with Gasteiger partial charge in [0, 0.05) is 21.3 Å². The lowest BCUT2D eigenvalue weighted by Gasteiger charge is -2.20. The zero-order valence-electron chi connectivity index (χ0n) is 13.6. The molecule has 0 saturated carbocycles. The molecule has 0 aliphatic heterocycles. The van der Waals surface area contributed by atoms with Crippen molar-refractivity contribution in [1.82, 2.24) is 4.72 Å². The molecular formula is C17H19BrN2O3S. The second-order valence-electron chi connectivity index (χ2n) is 6.35. The Hall–Kier alpha value is -1.70. The minimum Gasteiger partial charge on any atom is -0.322 e. The van der Waals surface area contributed by atoms with Crippen molar-refractivity contribution in [2.24, 2.45) is 0 Å². The van der Waals surface area contributed by atoms with Crippen molar-refractivity contribution >= 4 is 37.5 Å². The fourth-order valence-electron chi connectivity index (χ4n) is 2.04. The average molecular weight is 411 g/mol. The van der Waals surface area contributed by atoms with Gasteiger partial charge in [-0.2, -0.15) is 0 Å². The monoisotopic (exact) mass is 410 g/mol. The lowest BCUT2D eigenvalue weighted by molar-refractivity contribution is 0.102. The Labute approximate surface area is 150 Å². The molecular weight excluding hydrogens is 392 g/mol. The van der Waals surface area contributed by atoms with Gasteiger partial charge in [0.2, 0.25) is 10.0 Å². The van der Waals surface area contributed by atoms with Gasteiger partial charge >= 0.3 is 0 Å². The lowest BCUT2D eigenvalue weighted by Crippen LogP contribution is -2.40. The molecule has 0 radical (unpaired) electrons. The predicted octanol–water partition coefficient (Wildman–Crippen LogP) is 3.78. The first kappa shape index (κ1) is 18.6. The third-order valence-electron chi connectivity index (χ3n) is 2.93. The Bertz CT molecular complexity index is 858. The Morgan fingerprint density at radius 3 is 2.33 bits per heavy atom. The Balaban J connectivity index is 2.23. The van der Waals surface area contributed by atoms with Gasteiger partial charge in [0.1, 0.15) is 0 Å². The fourth-order valence-corrected chi connectivity index (χ4v) is 3.90. The van der Waals surface area contributed by atoms with Gasteiger partial charge in [-0.3, -0.25) is 4.79 Å². The molecule has 1 amide bonds. The maximum Gasteiger partial charge on any atom is 0.255 e. The third kappa shape index (κ3) is 5.15. The second-order valence-corrected chi connectivity index (χ2v) is 8.95. The molecule has 5 nitrogen and oxygen atoms in total. The van der Waals surface area contributed by atoms with Crippen molar-refractivity contribution in [2.75, 3.05) is 5.32 Å². The smallest absolute Gasteiger partial charge is 0.255 e. The molecule has 0 spiro atoms. The summed E-state index contributed by atoms with van der Waals surface area (Å²) in [5.74, 6) is -0.311. The molecule has 2 aromatic rings. The molecule has 0 aromatic heterocycles. The summed E-state index contributed by atoms with van der Waals surface area (Å²) in [6.45, 7) is 5.30. The number of benzene rings is 2. The van der Waals surface area contributed by atoms with E-state index >= 15 is 0 Å². The van der Waals surface area contributed by atoms with E-state index in [1.807, 2.05) is 6.07 Å². The highest BCUT2D eigenvalue weighted by Crippen LogP contribution is 2.19. The van der Waals surface area contributed by atoms with Crippen LogP contribution in [0.2, 0.25) is 0 Å². The van der Waals surface area contributed by atoms with Gasteiger partial charge in [0.25, 0.3) is 5.91 Å². The van der Waals surface area contributed by atoms with Gasteiger partial charge in [0.05, 0.1) is 4.90 Å². The molecule has 7 heteroatoms. The van der Waals surface area contributed by atoms with Crippen LogP contribution < -0.4 is 10.0 Å². The van der Waals surface area contributed by atoms with E-state index < -0.39 is 15.6 Å². The molecule has 0 fully saturated rings. The predicted molar refractivity (Wildman–Crippen MR) is 98.6 cm³/mol. The van der Waals surface area contributed by atoms with Gasteiger partial charge in [-0.15, -0.1) is 0 Å². The van der Waals surface area contributed by atoms with Crippen LogP contribution in [-0.4, -0.2) is 19.9 Å². The highest BCUT2D eigenvalue weighted by molar-refractivity contribution is 9.10. The molecule has 2 aromatic carbocycles. The first-order valence-electron chi connectivity index (χ1n) is 7.28. The number of sulfonamides is 1. The molecule has 2 rings (SSSR count). The van der Waals surface area contributed by atoms with E-state index in [0.29, 0.717) is 11.3 Å². The molecule has 24 heavy (non-hydrogen) atoms. The van der Waals surface area contributed by atoms with Crippen LogP contribution in [0.4, 0.5) is 5.69 Å². The van der Waals surface area contributed by atoms with Crippen molar-refractivity contribution in [3.8, 4) is 0 Å². The van der Waals surface area contributed by atoms with E-state index in [1.54, 1.807) is 51.1 Å². The van der Waals surface area contributed by atoms with E-state index in [0.717, 1.165) is 4.47 Å². The van der Waals surface area contributed by atoms with E-state index in [9.17, 15) is 13.2 Å². The topological polar surface area (TPSA) is 75.3 Å². The molecule has 0 aliphatic rings. The van der Waals surface area contributed by atoms with Gasteiger partial charge < -0.3 is 5.32 Å². The third-order valence-corrected chi connectivity index (χ3v) is 5.18. The number of amides is 1. The number of carbonyl (C=O) groups is 1. The number of halogens is 1. The van der Waals surface area contributed by atoms with Crippen molar-refractivity contribution in [3.05, 3.63) is 58.6 Å². The summed E-state index contributed by atoms with van der Waals surface area (Å²) >= 11 is 3.31. The minimum atomic E-state index is -3.66. The fraction of sp³-hybridized carbons (Fsp3) is 0.235.